The van der Waals surface area contributed by atoms with E-state index in [0.717, 1.165) is 5.56 Å². The summed E-state index contributed by atoms with van der Waals surface area (Å²) in [6, 6.07) is 4.36. The Morgan fingerprint density at radius 1 is 1.50 bits per heavy atom. The Morgan fingerprint density at radius 2 is 2.12 bits per heavy atom. The van der Waals surface area contributed by atoms with Gasteiger partial charge in [-0.25, -0.2) is 0 Å². The minimum absolute atomic E-state index is 0. The summed E-state index contributed by atoms with van der Waals surface area (Å²) in [5.74, 6) is -0.457. The van der Waals surface area contributed by atoms with Crippen molar-refractivity contribution in [1.29, 1.82) is 0 Å². The maximum Gasteiger partial charge on any atom is 0.322 e. The first-order chi connectivity index (χ1) is 7.04. The van der Waals surface area contributed by atoms with Crippen LogP contribution in [-0.2, 0) is 16.0 Å². The number of esters is 1. The summed E-state index contributed by atoms with van der Waals surface area (Å²) in [5.41, 5.74) is 6.38. The maximum absolute atomic E-state index is 11.1. The van der Waals surface area contributed by atoms with Gasteiger partial charge in [0, 0.05) is 10.0 Å². The monoisotopic (exact) mass is 283 g/mol. The van der Waals surface area contributed by atoms with Gasteiger partial charge in [0.05, 0.1) is 7.11 Å². The second-order valence-corrected chi connectivity index (χ2v) is 3.91. The molecule has 1 aromatic carbocycles. The van der Waals surface area contributed by atoms with Gasteiger partial charge in [-0.05, 0) is 24.1 Å². The molecule has 0 bridgehead atoms. The molecule has 0 aromatic heterocycles. The van der Waals surface area contributed by atoms with Crippen molar-refractivity contribution in [2.45, 2.75) is 12.5 Å². The van der Waals surface area contributed by atoms with Gasteiger partial charge < -0.3 is 10.5 Å². The number of rotatable bonds is 3. The van der Waals surface area contributed by atoms with Crippen molar-refractivity contribution in [3.8, 4) is 0 Å². The Labute approximate surface area is 110 Å². The van der Waals surface area contributed by atoms with E-state index in [9.17, 15) is 4.79 Å². The number of carbonyl (C=O) groups excluding carboxylic acids is 1. The van der Waals surface area contributed by atoms with Crippen LogP contribution in [0.15, 0.2) is 18.2 Å². The molecular formula is C10H12Cl3NO2. The van der Waals surface area contributed by atoms with Gasteiger partial charge in [-0.2, -0.15) is 0 Å². The van der Waals surface area contributed by atoms with Crippen LogP contribution in [0.4, 0.5) is 0 Å². The van der Waals surface area contributed by atoms with Crippen molar-refractivity contribution in [3.05, 3.63) is 33.8 Å². The molecule has 0 radical (unpaired) electrons. The molecule has 6 heteroatoms. The molecule has 0 aliphatic heterocycles. The number of ether oxygens (including phenoxy) is 1. The van der Waals surface area contributed by atoms with Crippen LogP contribution in [0.25, 0.3) is 0 Å². The number of hydrogen-bond donors (Lipinski definition) is 1. The maximum atomic E-state index is 11.1. The highest BCUT2D eigenvalue weighted by Crippen LogP contribution is 2.21. The van der Waals surface area contributed by atoms with Crippen LogP contribution in [0.5, 0.6) is 0 Å². The number of methoxy groups -OCH3 is 1. The highest BCUT2D eigenvalue weighted by atomic mass is 35.5. The van der Waals surface area contributed by atoms with E-state index >= 15 is 0 Å². The van der Waals surface area contributed by atoms with Crippen LogP contribution in [0, 0.1) is 0 Å². The molecule has 0 saturated carbocycles. The number of carbonyl (C=O) groups is 1. The minimum Gasteiger partial charge on any atom is -0.468 e. The van der Waals surface area contributed by atoms with Crippen molar-refractivity contribution < 1.29 is 9.53 Å². The first kappa shape index (κ1) is 15.5. The molecule has 16 heavy (non-hydrogen) atoms. The highest BCUT2D eigenvalue weighted by Gasteiger charge is 2.15. The van der Waals surface area contributed by atoms with E-state index in [4.69, 9.17) is 28.9 Å². The Kier molecular flexibility index (Phi) is 6.76. The smallest absolute Gasteiger partial charge is 0.322 e. The largest absolute Gasteiger partial charge is 0.468 e. The number of nitrogens with two attached hydrogens (primary N) is 1. The zero-order valence-corrected chi connectivity index (χ0v) is 10.9. The first-order valence-corrected chi connectivity index (χ1v) is 5.07. The molecule has 0 amide bonds. The third kappa shape index (κ3) is 4.18. The van der Waals surface area contributed by atoms with Crippen LogP contribution in [0.3, 0.4) is 0 Å². The summed E-state index contributed by atoms with van der Waals surface area (Å²) in [5, 5.41) is 1.05. The molecule has 0 spiro atoms. The summed E-state index contributed by atoms with van der Waals surface area (Å²) in [7, 11) is 1.30. The molecule has 0 heterocycles. The zero-order valence-electron chi connectivity index (χ0n) is 8.57. The summed E-state index contributed by atoms with van der Waals surface area (Å²) >= 11 is 11.7. The van der Waals surface area contributed by atoms with Crippen molar-refractivity contribution in [2.75, 3.05) is 7.11 Å². The second-order valence-electron chi connectivity index (χ2n) is 3.07. The van der Waals surface area contributed by atoms with E-state index in [2.05, 4.69) is 4.74 Å². The van der Waals surface area contributed by atoms with Gasteiger partial charge in [-0.1, -0.05) is 29.3 Å². The third-order valence-corrected chi connectivity index (χ3v) is 2.55. The molecule has 1 aromatic rings. The lowest BCUT2D eigenvalue weighted by molar-refractivity contribution is -0.142. The standard InChI is InChI=1S/C10H11Cl2NO2.ClH/c1-15-10(14)9(13)4-6-2-3-7(11)5-8(6)12;/h2-3,5,9H,4,13H2,1H3;1H/t9-;/m1./s1. The number of hydrogen-bond acceptors (Lipinski definition) is 3. The van der Waals surface area contributed by atoms with Crippen LogP contribution in [-0.4, -0.2) is 19.1 Å². The van der Waals surface area contributed by atoms with E-state index in [1.54, 1.807) is 18.2 Å². The summed E-state index contributed by atoms with van der Waals surface area (Å²) in [6.45, 7) is 0. The Bertz CT molecular complexity index is 371. The van der Waals surface area contributed by atoms with Gasteiger partial charge in [0.25, 0.3) is 0 Å². The molecule has 2 N–H and O–H groups in total. The van der Waals surface area contributed by atoms with Crippen molar-refractivity contribution >= 4 is 41.6 Å². The van der Waals surface area contributed by atoms with Gasteiger partial charge in [-0.15, -0.1) is 12.4 Å². The fraction of sp³-hybridized carbons (Fsp3) is 0.300. The number of halogens is 3. The minimum atomic E-state index is -0.700. The first-order valence-electron chi connectivity index (χ1n) is 4.32. The average molecular weight is 285 g/mol. The predicted octanol–water partition coefficient (Wildman–Crippen LogP) is 2.46. The molecule has 0 aliphatic carbocycles. The fourth-order valence-corrected chi connectivity index (χ4v) is 1.64. The van der Waals surface area contributed by atoms with Gasteiger partial charge in [-0.3, -0.25) is 4.79 Å². The quantitative estimate of drug-likeness (QED) is 0.868. The Balaban J connectivity index is 0.00000225. The van der Waals surface area contributed by atoms with E-state index in [1.165, 1.54) is 7.11 Å². The normalized spacial score (nSPS) is 11.5. The van der Waals surface area contributed by atoms with E-state index in [0.29, 0.717) is 16.5 Å². The van der Waals surface area contributed by atoms with Crippen LogP contribution >= 0.6 is 35.6 Å². The predicted molar refractivity (Wildman–Crippen MR) is 67.4 cm³/mol. The Hall–Kier alpha value is -0.480. The van der Waals surface area contributed by atoms with Gasteiger partial charge in [0.2, 0.25) is 0 Å². The second kappa shape index (κ2) is 6.97. The van der Waals surface area contributed by atoms with Crippen molar-refractivity contribution in [3.63, 3.8) is 0 Å². The molecule has 1 rings (SSSR count). The molecule has 1 atom stereocenters. The number of benzene rings is 1. The lowest BCUT2D eigenvalue weighted by Gasteiger charge is -2.10. The van der Waals surface area contributed by atoms with Crippen LogP contribution in [0.2, 0.25) is 10.0 Å². The molecule has 0 aliphatic rings. The van der Waals surface area contributed by atoms with Crippen molar-refractivity contribution in [2.24, 2.45) is 5.73 Å². The topological polar surface area (TPSA) is 52.3 Å². The van der Waals surface area contributed by atoms with Gasteiger partial charge in [0.1, 0.15) is 6.04 Å². The van der Waals surface area contributed by atoms with Crippen molar-refractivity contribution in [1.82, 2.24) is 0 Å². The zero-order chi connectivity index (χ0) is 11.4. The molecule has 90 valence electrons. The summed E-state index contributed by atoms with van der Waals surface area (Å²) < 4.78 is 4.51. The highest BCUT2D eigenvalue weighted by molar-refractivity contribution is 6.35. The Morgan fingerprint density at radius 3 is 2.62 bits per heavy atom. The van der Waals surface area contributed by atoms with Crippen LogP contribution in [0.1, 0.15) is 5.56 Å². The van der Waals surface area contributed by atoms with E-state index in [-0.39, 0.29) is 12.4 Å². The molecule has 0 unspecified atom stereocenters. The molecule has 0 saturated heterocycles. The summed E-state index contributed by atoms with van der Waals surface area (Å²) in [4.78, 5) is 11.1. The third-order valence-electron chi connectivity index (χ3n) is 1.96. The lowest BCUT2D eigenvalue weighted by atomic mass is 10.1. The molecule has 0 fully saturated rings. The van der Waals surface area contributed by atoms with E-state index < -0.39 is 12.0 Å². The summed E-state index contributed by atoms with van der Waals surface area (Å²) in [6.07, 6.45) is 0.336. The van der Waals surface area contributed by atoms with Crippen LogP contribution < -0.4 is 5.73 Å². The SMILES string of the molecule is COC(=O)[C@H](N)Cc1ccc(Cl)cc1Cl.Cl. The lowest BCUT2D eigenvalue weighted by Crippen LogP contribution is -2.33. The molecule has 3 nitrogen and oxygen atoms in total. The van der Waals surface area contributed by atoms with Gasteiger partial charge >= 0.3 is 5.97 Å². The van der Waals surface area contributed by atoms with E-state index in [1.807, 2.05) is 0 Å². The molecular weight excluding hydrogens is 272 g/mol. The van der Waals surface area contributed by atoms with Gasteiger partial charge in [0.15, 0.2) is 0 Å². The average Bonchev–Trinajstić information content (AvgIpc) is 2.20. The fourth-order valence-electron chi connectivity index (χ4n) is 1.16.